The van der Waals surface area contributed by atoms with Gasteiger partial charge in [0.15, 0.2) is 6.04 Å². The lowest BCUT2D eigenvalue weighted by atomic mass is 10.2. The van der Waals surface area contributed by atoms with Crippen molar-refractivity contribution in [2.45, 2.75) is 19.9 Å². The highest BCUT2D eigenvalue weighted by molar-refractivity contribution is 9.10. The lowest BCUT2D eigenvalue weighted by Crippen LogP contribution is -2.38. The fraction of sp³-hybridized carbons (Fsp3) is 0.250. The molecule has 0 fully saturated rings. The van der Waals surface area contributed by atoms with E-state index >= 15 is 0 Å². The van der Waals surface area contributed by atoms with Crippen molar-refractivity contribution in [3.05, 3.63) is 40.5 Å². The van der Waals surface area contributed by atoms with E-state index in [4.69, 9.17) is 4.52 Å². The molecular formula is C12H12BrN3O2. The van der Waals surface area contributed by atoms with Gasteiger partial charge in [0.1, 0.15) is 0 Å². The Morgan fingerprint density at radius 3 is 2.61 bits per heavy atom. The van der Waals surface area contributed by atoms with Crippen LogP contribution in [0.1, 0.15) is 25.5 Å². The van der Waals surface area contributed by atoms with E-state index in [2.05, 4.69) is 26.2 Å². The van der Waals surface area contributed by atoms with Crippen molar-refractivity contribution in [1.82, 2.24) is 5.27 Å². The van der Waals surface area contributed by atoms with E-state index < -0.39 is 0 Å². The Morgan fingerprint density at radius 1 is 1.39 bits per heavy atom. The van der Waals surface area contributed by atoms with Crippen molar-refractivity contribution < 1.29 is 14.3 Å². The third-order valence-electron chi connectivity index (χ3n) is 2.31. The molecular weight excluding hydrogens is 298 g/mol. The summed E-state index contributed by atoms with van der Waals surface area (Å²) in [4.78, 5) is 3.90. The van der Waals surface area contributed by atoms with Gasteiger partial charge in [0, 0.05) is 29.8 Å². The van der Waals surface area contributed by atoms with Crippen LogP contribution < -0.4 is 9.79 Å². The van der Waals surface area contributed by atoms with Crippen molar-refractivity contribution in [1.29, 1.82) is 0 Å². The molecule has 0 bridgehead atoms. The molecule has 0 unspecified atom stereocenters. The highest BCUT2D eigenvalue weighted by Crippen LogP contribution is 2.22. The maximum absolute atomic E-state index is 11.9. The molecule has 0 aliphatic carbocycles. The minimum atomic E-state index is -0.358. The van der Waals surface area contributed by atoms with Crippen molar-refractivity contribution in [3.8, 4) is 0 Å². The molecule has 0 aliphatic rings. The van der Waals surface area contributed by atoms with Crippen LogP contribution in [0.3, 0.4) is 0 Å². The molecule has 2 aromatic rings. The van der Waals surface area contributed by atoms with E-state index in [0.717, 1.165) is 0 Å². The molecule has 0 atom stereocenters. The molecule has 2 rings (SSSR count). The normalized spacial score (nSPS) is 12.1. The molecule has 6 heteroatoms. The Bertz CT molecular complexity index is 564. The molecule has 1 aromatic heterocycles. The number of aliphatic imine (C=N–C) groups is 1. The molecule has 1 heterocycles. The Morgan fingerprint density at radius 2 is 2.06 bits per heavy atom. The molecule has 5 nitrogen and oxygen atoms in total. The van der Waals surface area contributed by atoms with Gasteiger partial charge in [0.05, 0.1) is 0 Å². The van der Waals surface area contributed by atoms with Gasteiger partial charge in [-0.1, -0.05) is 30.3 Å². The minimum absolute atomic E-state index is 0.124. The van der Waals surface area contributed by atoms with Crippen molar-refractivity contribution >= 4 is 27.7 Å². The molecule has 18 heavy (non-hydrogen) atoms. The second-order valence-corrected chi connectivity index (χ2v) is 4.74. The Labute approximate surface area is 113 Å². The smallest absolute Gasteiger partial charge is 0.342 e. The van der Waals surface area contributed by atoms with Gasteiger partial charge in [-0.2, -0.15) is 0 Å². The van der Waals surface area contributed by atoms with Crippen LogP contribution >= 0.6 is 15.9 Å². The fourth-order valence-corrected chi connectivity index (χ4v) is 2.01. The fourth-order valence-electron chi connectivity index (χ4n) is 1.38. The first-order valence-electron chi connectivity index (χ1n) is 5.47. The summed E-state index contributed by atoms with van der Waals surface area (Å²) in [6.45, 7) is 3.91. The predicted molar refractivity (Wildman–Crippen MR) is 67.4 cm³/mol. The van der Waals surface area contributed by atoms with Gasteiger partial charge >= 0.3 is 10.5 Å². The van der Waals surface area contributed by atoms with Gasteiger partial charge in [-0.25, -0.2) is 4.99 Å². The van der Waals surface area contributed by atoms with Gasteiger partial charge in [-0.3, -0.25) is 4.52 Å². The molecule has 0 aliphatic heterocycles. The van der Waals surface area contributed by atoms with E-state index in [0.29, 0.717) is 10.2 Å². The van der Waals surface area contributed by atoms with E-state index in [1.165, 1.54) is 0 Å². The van der Waals surface area contributed by atoms with Crippen LogP contribution in [-0.4, -0.2) is 11.2 Å². The lowest BCUT2D eigenvalue weighted by molar-refractivity contribution is -0.788. The average molecular weight is 310 g/mol. The number of rotatable bonds is 3. The Hall–Kier alpha value is -1.69. The van der Waals surface area contributed by atoms with Gasteiger partial charge in [-0.05, 0) is 16.1 Å². The Balaban J connectivity index is 2.34. The number of hydrogen-bond donors (Lipinski definition) is 0. The van der Waals surface area contributed by atoms with Gasteiger partial charge < -0.3 is 5.11 Å². The first kappa shape index (κ1) is 12.8. The molecule has 1 aromatic carbocycles. The Kier molecular flexibility index (Phi) is 3.76. The first-order valence-corrected chi connectivity index (χ1v) is 6.27. The SMILES string of the molecule is CC(C)[n+]1noc(/N=C(\[O-])c2ccccc2)c1Br. The summed E-state index contributed by atoms with van der Waals surface area (Å²) in [5.41, 5.74) is 0.511. The maximum Gasteiger partial charge on any atom is 0.342 e. The highest BCUT2D eigenvalue weighted by atomic mass is 79.9. The van der Waals surface area contributed by atoms with Crippen LogP contribution in [0.5, 0.6) is 0 Å². The molecule has 0 saturated carbocycles. The summed E-state index contributed by atoms with van der Waals surface area (Å²) in [6.07, 6.45) is 0. The molecule has 0 radical (unpaired) electrons. The summed E-state index contributed by atoms with van der Waals surface area (Å²) in [5.74, 6) is -0.180. The van der Waals surface area contributed by atoms with Crippen LogP contribution in [-0.2, 0) is 0 Å². The topological polar surface area (TPSA) is 65.3 Å². The van der Waals surface area contributed by atoms with Gasteiger partial charge in [-0.15, -0.1) is 0 Å². The summed E-state index contributed by atoms with van der Waals surface area (Å²) in [7, 11) is 0. The quantitative estimate of drug-likeness (QED) is 0.493. The second-order valence-electron chi connectivity index (χ2n) is 3.99. The second kappa shape index (κ2) is 5.30. The summed E-state index contributed by atoms with van der Waals surface area (Å²) in [6, 6.07) is 8.94. The van der Waals surface area contributed by atoms with E-state index in [-0.39, 0.29) is 17.8 Å². The molecule has 0 amide bonds. The zero-order chi connectivity index (χ0) is 13.1. The first-order chi connectivity index (χ1) is 8.59. The van der Waals surface area contributed by atoms with Crippen LogP contribution in [0.4, 0.5) is 5.88 Å². The number of nitrogens with zero attached hydrogens (tertiary/aromatic N) is 3. The van der Waals surface area contributed by atoms with Crippen LogP contribution in [0.2, 0.25) is 0 Å². The van der Waals surface area contributed by atoms with Crippen LogP contribution in [0, 0.1) is 0 Å². The predicted octanol–water partition coefficient (Wildman–Crippen LogP) is 1.74. The standard InChI is InChI=1S/C12H12BrN3O2/c1-8(2)16-10(13)12(18-15-16)14-11(17)9-6-4-3-5-7-9/h3-8H,1-2H3. The number of halogens is 1. The number of aromatic nitrogens is 2. The number of benzene rings is 1. The molecule has 0 saturated heterocycles. The molecule has 0 N–H and O–H groups in total. The van der Waals surface area contributed by atoms with Crippen molar-refractivity contribution in [3.63, 3.8) is 0 Å². The average Bonchev–Trinajstić information content (AvgIpc) is 2.72. The van der Waals surface area contributed by atoms with E-state index in [9.17, 15) is 5.11 Å². The summed E-state index contributed by atoms with van der Waals surface area (Å²) in [5, 5.41) is 15.7. The summed E-state index contributed by atoms with van der Waals surface area (Å²) >= 11 is 3.31. The monoisotopic (exact) mass is 309 g/mol. The zero-order valence-corrected chi connectivity index (χ0v) is 11.6. The largest absolute Gasteiger partial charge is 0.858 e. The minimum Gasteiger partial charge on any atom is -0.858 e. The van der Waals surface area contributed by atoms with E-state index in [1.54, 1.807) is 28.9 Å². The number of hydrogen-bond acceptors (Lipinski definition) is 4. The van der Waals surface area contributed by atoms with E-state index in [1.807, 2.05) is 19.9 Å². The highest BCUT2D eigenvalue weighted by Gasteiger charge is 2.24. The van der Waals surface area contributed by atoms with Crippen LogP contribution in [0.15, 0.2) is 44.5 Å². The van der Waals surface area contributed by atoms with Crippen LogP contribution in [0.25, 0.3) is 0 Å². The third-order valence-corrected chi connectivity index (χ3v) is 3.01. The van der Waals surface area contributed by atoms with Crippen molar-refractivity contribution in [2.24, 2.45) is 4.99 Å². The third kappa shape index (κ3) is 2.59. The zero-order valence-electron chi connectivity index (χ0n) is 10.0. The molecule has 0 spiro atoms. The molecule has 94 valence electrons. The maximum atomic E-state index is 11.9. The summed E-state index contributed by atoms with van der Waals surface area (Å²) < 4.78 is 7.19. The lowest BCUT2D eigenvalue weighted by Gasteiger charge is -2.07. The van der Waals surface area contributed by atoms with Gasteiger partial charge in [0.2, 0.25) is 5.27 Å². The van der Waals surface area contributed by atoms with Gasteiger partial charge in [0.25, 0.3) is 0 Å². The van der Waals surface area contributed by atoms with Crippen molar-refractivity contribution in [2.75, 3.05) is 0 Å².